The maximum absolute atomic E-state index is 12.6. The molecule has 2 aromatic rings. The molecule has 2 amide bonds. The number of fused-ring (bicyclic) bond motifs is 1. The third-order valence-electron chi connectivity index (χ3n) is 5.11. The number of nitrogens with zero attached hydrogens (tertiary/aromatic N) is 7. The van der Waals surface area contributed by atoms with E-state index in [-0.39, 0.29) is 24.9 Å². The van der Waals surface area contributed by atoms with Crippen LogP contribution in [-0.2, 0) is 21.4 Å². The minimum absolute atomic E-state index is 0.0264. The predicted octanol–water partition coefficient (Wildman–Crippen LogP) is -0.904. The first-order valence-corrected chi connectivity index (χ1v) is 10.1. The number of hydrogen-bond donors (Lipinski definition) is 1. The summed E-state index contributed by atoms with van der Waals surface area (Å²) in [4.78, 5) is 39.0. The molecule has 30 heavy (non-hydrogen) atoms. The van der Waals surface area contributed by atoms with Gasteiger partial charge in [-0.15, -0.1) is 0 Å². The van der Waals surface area contributed by atoms with Crippen molar-refractivity contribution in [2.45, 2.75) is 6.42 Å². The van der Waals surface area contributed by atoms with Crippen molar-refractivity contribution < 1.29 is 14.3 Å². The van der Waals surface area contributed by atoms with Gasteiger partial charge < -0.3 is 19.9 Å². The molecule has 1 aliphatic rings. The van der Waals surface area contributed by atoms with Crippen molar-refractivity contribution in [1.82, 2.24) is 34.9 Å². The van der Waals surface area contributed by atoms with E-state index in [1.165, 1.54) is 0 Å². The quantitative estimate of drug-likeness (QED) is 0.522. The first-order chi connectivity index (χ1) is 14.5. The first-order valence-electron chi connectivity index (χ1n) is 10.1. The molecule has 0 atom stereocenters. The fourth-order valence-electron chi connectivity index (χ4n) is 3.50. The number of likely N-dealkylation sites (N-methyl/N-ethyl adjacent to an activating group) is 1. The average Bonchev–Trinajstić information content (AvgIpc) is 3.12. The maximum atomic E-state index is 12.6. The van der Waals surface area contributed by atoms with Crippen LogP contribution in [0.25, 0.3) is 11.0 Å². The third kappa shape index (κ3) is 5.42. The lowest BCUT2D eigenvalue weighted by atomic mass is 10.2. The van der Waals surface area contributed by atoms with Gasteiger partial charge in [-0.3, -0.25) is 19.2 Å². The lowest BCUT2D eigenvalue weighted by Gasteiger charge is -2.36. The Kier molecular flexibility index (Phi) is 7.52. The minimum Gasteiger partial charge on any atom is -0.385 e. The van der Waals surface area contributed by atoms with E-state index in [0.29, 0.717) is 39.3 Å². The number of anilines is 1. The Labute approximate surface area is 176 Å². The van der Waals surface area contributed by atoms with Gasteiger partial charge in [-0.25, -0.2) is 9.97 Å². The first kappa shape index (κ1) is 21.9. The van der Waals surface area contributed by atoms with E-state index in [0.717, 1.165) is 23.3 Å². The fourth-order valence-corrected chi connectivity index (χ4v) is 3.50. The summed E-state index contributed by atoms with van der Waals surface area (Å²) in [6.07, 6.45) is 4.09. The molecule has 3 heterocycles. The van der Waals surface area contributed by atoms with E-state index in [4.69, 9.17) is 4.74 Å². The molecule has 0 saturated carbocycles. The lowest BCUT2D eigenvalue weighted by molar-refractivity contribution is -0.133. The molecular formula is C19H30N8O3. The Morgan fingerprint density at radius 1 is 1.20 bits per heavy atom. The van der Waals surface area contributed by atoms with E-state index < -0.39 is 0 Å². The van der Waals surface area contributed by atoms with E-state index >= 15 is 0 Å². The summed E-state index contributed by atoms with van der Waals surface area (Å²) in [7, 11) is 5.27. The number of nitrogens with one attached hydrogen (secondary N) is 1. The van der Waals surface area contributed by atoms with Crippen LogP contribution in [-0.4, -0.2) is 108 Å². The summed E-state index contributed by atoms with van der Waals surface area (Å²) in [6.45, 7) is 4.20. The van der Waals surface area contributed by atoms with Gasteiger partial charge in [-0.2, -0.15) is 5.10 Å². The van der Waals surface area contributed by atoms with Crippen LogP contribution in [0.5, 0.6) is 0 Å². The SMILES string of the molecule is COCCCNC(=O)CN(C)CC(=O)N1CCN(c2ncnc3c2cnn3C)CC1. The Balaban J connectivity index is 1.45. The lowest BCUT2D eigenvalue weighted by Crippen LogP contribution is -2.51. The number of aromatic nitrogens is 4. The molecule has 164 valence electrons. The molecule has 1 fully saturated rings. The second-order valence-corrected chi connectivity index (χ2v) is 7.44. The maximum Gasteiger partial charge on any atom is 0.236 e. The van der Waals surface area contributed by atoms with Crippen LogP contribution in [0.3, 0.4) is 0 Å². The zero-order valence-corrected chi connectivity index (χ0v) is 17.9. The van der Waals surface area contributed by atoms with Crippen LogP contribution in [0.4, 0.5) is 5.82 Å². The molecule has 1 aliphatic heterocycles. The van der Waals surface area contributed by atoms with Crippen LogP contribution in [0, 0.1) is 0 Å². The predicted molar refractivity (Wildman–Crippen MR) is 112 cm³/mol. The van der Waals surface area contributed by atoms with Crippen molar-refractivity contribution in [2.24, 2.45) is 7.05 Å². The van der Waals surface area contributed by atoms with Crippen molar-refractivity contribution in [2.75, 3.05) is 71.5 Å². The number of ether oxygens (including phenoxy) is 1. The highest BCUT2D eigenvalue weighted by Crippen LogP contribution is 2.23. The molecule has 1 saturated heterocycles. The van der Waals surface area contributed by atoms with Crippen molar-refractivity contribution in [1.29, 1.82) is 0 Å². The van der Waals surface area contributed by atoms with Crippen LogP contribution in [0.2, 0.25) is 0 Å². The van der Waals surface area contributed by atoms with Gasteiger partial charge in [-0.1, -0.05) is 0 Å². The van der Waals surface area contributed by atoms with Crippen molar-refractivity contribution >= 4 is 28.7 Å². The molecule has 0 spiro atoms. The minimum atomic E-state index is -0.0875. The van der Waals surface area contributed by atoms with Crippen molar-refractivity contribution in [3.05, 3.63) is 12.5 Å². The highest BCUT2D eigenvalue weighted by Gasteiger charge is 2.24. The molecule has 1 N–H and O–H groups in total. The summed E-state index contributed by atoms with van der Waals surface area (Å²) in [5.41, 5.74) is 0.792. The molecule has 0 aromatic carbocycles. The summed E-state index contributed by atoms with van der Waals surface area (Å²) in [5.74, 6) is 0.788. The Hall–Kier alpha value is -2.79. The fraction of sp³-hybridized carbons (Fsp3) is 0.632. The van der Waals surface area contributed by atoms with Gasteiger partial charge in [0, 0.05) is 53.5 Å². The molecule has 2 aromatic heterocycles. The van der Waals surface area contributed by atoms with Gasteiger partial charge in [0.05, 0.1) is 24.7 Å². The summed E-state index contributed by atoms with van der Waals surface area (Å²) < 4.78 is 6.68. The molecular weight excluding hydrogens is 388 g/mol. The summed E-state index contributed by atoms with van der Waals surface area (Å²) in [6, 6.07) is 0. The zero-order valence-electron chi connectivity index (χ0n) is 17.9. The van der Waals surface area contributed by atoms with E-state index in [1.54, 1.807) is 36.3 Å². The summed E-state index contributed by atoms with van der Waals surface area (Å²) in [5, 5.41) is 8.00. The van der Waals surface area contributed by atoms with Gasteiger partial charge in [0.25, 0.3) is 0 Å². The highest BCUT2D eigenvalue weighted by atomic mass is 16.5. The number of piperazine rings is 1. The standard InChI is InChI=1S/C19H30N8O3/c1-24(12-16(28)20-5-4-10-30-3)13-17(29)26-6-8-27(9-7-26)19-15-11-23-25(2)18(15)21-14-22-19/h11,14H,4-10,12-13H2,1-3H3,(H,20,28). The molecule has 3 rings (SSSR count). The molecule has 11 heteroatoms. The molecule has 0 bridgehead atoms. The molecule has 11 nitrogen and oxygen atoms in total. The van der Waals surface area contributed by atoms with Gasteiger partial charge in [-0.05, 0) is 13.5 Å². The second kappa shape index (κ2) is 10.3. The summed E-state index contributed by atoms with van der Waals surface area (Å²) >= 11 is 0. The van der Waals surface area contributed by atoms with Crippen LogP contribution < -0.4 is 10.2 Å². The van der Waals surface area contributed by atoms with Crippen molar-refractivity contribution in [3.8, 4) is 0 Å². The number of rotatable bonds is 9. The van der Waals surface area contributed by atoms with E-state index in [1.807, 2.05) is 11.9 Å². The van der Waals surface area contributed by atoms with Crippen LogP contribution in [0.15, 0.2) is 12.5 Å². The van der Waals surface area contributed by atoms with E-state index in [2.05, 4.69) is 25.3 Å². The monoisotopic (exact) mass is 418 g/mol. The van der Waals surface area contributed by atoms with Crippen LogP contribution >= 0.6 is 0 Å². The Bertz CT molecular complexity index is 863. The second-order valence-electron chi connectivity index (χ2n) is 7.44. The third-order valence-corrected chi connectivity index (χ3v) is 5.11. The van der Waals surface area contributed by atoms with Gasteiger partial charge in [0.2, 0.25) is 11.8 Å². The number of amides is 2. The number of carbonyl (C=O) groups is 2. The molecule has 0 radical (unpaired) electrons. The zero-order chi connectivity index (χ0) is 21.5. The Morgan fingerprint density at radius 2 is 1.97 bits per heavy atom. The number of hydrogen-bond acceptors (Lipinski definition) is 8. The highest BCUT2D eigenvalue weighted by molar-refractivity contribution is 5.87. The topological polar surface area (TPSA) is 109 Å². The molecule has 0 aliphatic carbocycles. The number of methoxy groups -OCH3 is 1. The Morgan fingerprint density at radius 3 is 2.70 bits per heavy atom. The number of aryl methyl sites for hydroxylation is 1. The van der Waals surface area contributed by atoms with Gasteiger partial charge in [0.15, 0.2) is 5.65 Å². The normalized spacial score (nSPS) is 14.5. The van der Waals surface area contributed by atoms with Crippen LogP contribution in [0.1, 0.15) is 6.42 Å². The van der Waals surface area contributed by atoms with Gasteiger partial charge >= 0.3 is 0 Å². The van der Waals surface area contributed by atoms with Crippen molar-refractivity contribution in [3.63, 3.8) is 0 Å². The van der Waals surface area contributed by atoms with Gasteiger partial charge in [0.1, 0.15) is 12.1 Å². The largest absolute Gasteiger partial charge is 0.385 e. The number of carbonyl (C=O) groups excluding carboxylic acids is 2. The van der Waals surface area contributed by atoms with E-state index in [9.17, 15) is 9.59 Å². The molecule has 0 unspecified atom stereocenters. The smallest absolute Gasteiger partial charge is 0.236 e. The average molecular weight is 419 g/mol.